The summed E-state index contributed by atoms with van der Waals surface area (Å²) < 4.78 is 0.692. The Hall–Kier alpha value is -4.08. The van der Waals surface area contributed by atoms with Crippen LogP contribution in [0.1, 0.15) is 71.1 Å². The number of aliphatic imine (C=N–C) groups is 1. The summed E-state index contributed by atoms with van der Waals surface area (Å²) in [5, 5.41) is 10.6. The van der Waals surface area contributed by atoms with E-state index in [2.05, 4.69) is 55.3 Å². The van der Waals surface area contributed by atoms with Crippen LogP contribution in [0.3, 0.4) is 0 Å². The second kappa shape index (κ2) is 29.3. The maximum absolute atomic E-state index is 12.2. The molecule has 1 heterocycles. The van der Waals surface area contributed by atoms with Crippen LogP contribution >= 0.6 is 12.2 Å². The summed E-state index contributed by atoms with van der Waals surface area (Å²) in [6, 6.07) is 9.66. The number of hydrogen-bond acceptors (Lipinski definition) is 8. The molecule has 0 saturated heterocycles. The highest BCUT2D eigenvalue weighted by Crippen LogP contribution is 2.01. The van der Waals surface area contributed by atoms with Crippen LogP contribution in [0.25, 0.3) is 0 Å². The van der Waals surface area contributed by atoms with Crippen molar-refractivity contribution in [2.24, 2.45) is 22.2 Å². The second-order valence-electron chi connectivity index (χ2n) is 10.7. The molecular weight excluding hydrogens is 620 g/mol. The molecule has 266 valence electrons. The van der Waals surface area contributed by atoms with Gasteiger partial charge in [-0.25, -0.2) is 0 Å². The molecule has 3 amide bonds. The summed E-state index contributed by atoms with van der Waals surface area (Å²) in [7, 11) is 0. The number of nitrogens with zero attached hydrogens (tertiary/aromatic N) is 1. The van der Waals surface area contributed by atoms with Crippen molar-refractivity contribution < 1.29 is 19.2 Å². The molecule has 1 aromatic carbocycles. The number of nitrogens with one attached hydrogen (secondary N) is 6. The molecule has 47 heavy (non-hydrogen) atoms. The molecule has 14 nitrogen and oxygen atoms in total. The third-order valence-corrected chi connectivity index (χ3v) is 5.98. The molecule has 0 spiro atoms. The van der Waals surface area contributed by atoms with E-state index >= 15 is 0 Å². The number of aromatic amines is 2. The number of carbonyl (C=O) groups excluding carboxylic acids is 4. The first-order valence-electron chi connectivity index (χ1n) is 15.9. The van der Waals surface area contributed by atoms with E-state index in [1.807, 2.05) is 52.1 Å². The summed E-state index contributed by atoms with van der Waals surface area (Å²) >= 11 is 4.72. The Morgan fingerprint density at radius 1 is 0.936 bits per heavy atom. The summed E-state index contributed by atoms with van der Waals surface area (Å²) in [5.41, 5.74) is 17.9. The van der Waals surface area contributed by atoms with Gasteiger partial charge in [-0.2, -0.15) is 0 Å². The van der Waals surface area contributed by atoms with E-state index in [0.717, 1.165) is 25.1 Å². The molecule has 2 aromatic rings. The van der Waals surface area contributed by atoms with Crippen LogP contribution < -0.4 is 38.5 Å². The van der Waals surface area contributed by atoms with Crippen molar-refractivity contribution in [2.75, 3.05) is 32.7 Å². The lowest BCUT2D eigenvalue weighted by Crippen LogP contribution is -2.50. The van der Waals surface area contributed by atoms with Crippen molar-refractivity contribution in [1.29, 1.82) is 0 Å². The van der Waals surface area contributed by atoms with Crippen LogP contribution in [-0.2, 0) is 19.2 Å². The Balaban J connectivity index is 0. The number of rotatable bonds is 16. The van der Waals surface area contributed by atoms with Crippen LogP contribution in [0, 0.1) is 18.6 Å². The number of hydrogen-bond donors (Lipinski definition) is 9. The van der Waals surface area contributed by atoms with Gasteiger partial charge in [0.1, 0.15) is 6.04 Å². The van der Waals surface area contributed by atoms with Crippen molar-refractivity contribution in [1.82, 2.24) is 31.2 Å². The Kier molecular flexibility index (Phi) is 28.1. The van der Waals surface area contributed by atoms with Crippen LogP contribution in [0.4, 0.5) is 0 Å². The Bertz CT molecular complexity index is 1210. The molecule has 1 atom stereocenters. The standard InChI is InChI=1S/C17H33N5O4.C7H8.C4H11N3.C4H6N2S/c1-4-13(23)9-21-17(26)14(7-5-6-8-18)22-16(25)11-20-15(24)10-19-12(2)3;1-7-5-3-2-4-6-7;1-2-3-7-4(5)6;1-3-2-5-4(7)6-3/h12,14,19H,4-11,18H2,1-3H3,(H,20,24)(H,21,26)(H,22,25);2-6H,1H3;2-3H2,1H3,(H4,5,6,7);2H,1H3,(H2,5,6,7). The first kappa shape index (κ1) is 45.0. The van der Waals surface area contributed by atoms with Crippen molar-refractivity contribution in [2.45, 2.75) is 85.7 Å². The fourth-order valence-electron chi connectivity index (χ4n) is 3.18. The lowest BCUT2D eigenvalue weighted by Gasteiger charge is -2.18. The second-order valence-corrected chi connectivity index (χ2v) is 11.1. The summed E-state index contributed by atoms with van der Waals surface area (Å²) in [4.78, 5) is 56.6. The Morgan fingerprint density at radius 2 is 1.60 bits per heavy atom. The maximum Gasteiger partial charge on any atom is 0.242 e. The van der Waals surface area contributed by atoms with Gasteiger partial charge in [-0.3, -0.25) is 24.2 Å². The van der Waals surface area contributed by atoms with Crippen molar-refractivity contribution in [3.05, 3.63) is 52.6 Å². The number of H-pyrrole nitrogens is 2. The maximum atomic E-state index is 12.2. The largest absolute Gasteiger partial charge is 0.370 e. The fraction of sp³-hybridized carbons (Fsp3) is 0.562. The van der Waals surface area contributed by atoms with Crippen LogP contribution in [-0.4, -0.2) is 84.2 Å². The molecule has 1 unspecified atom stereocenters. The van der Waals surface area contributed by atoms with E-state index in [0.29, 0.717) is 30.6 Å². The zero-order valence-electron chi connectivity index (χ0n) is 28.9. The number of benzene rings is 1. The predicted octanol–water partition coefficient (Wildman–Crippen LogP) is 1.86. The molecule has 0 aliphatic rings. The zero-order chi connectivity index (χ0) is 36.0. The van der Waals surface area contributed by atoms with Gasteiger partial charge in [0.05, 0.1) is 19.6 Å². The number of Topliss-reactive ketones (excluding diaryl/α,β-unsaturated/α-hetero) is 1. The minimum absolute atomic E-state index is 0.0593. The molecule has 2 rings (SSSR count). The van der Waals surface area contributed by atoms with Crippen molar-refractivity contribution in [3.8, 4) is 0 Å². The van der Waals surface area contributed by atoms with E-state index in [9.17, 15) is 19.2 Å². The number of ketones is 1. The van der Waals surface area contributed by atoms with Gasteiger partial charge in [0.25, 0.3) is 0 Å². The van der Waals surface area contributed by atoms with E-state index in [4.69, 9.17) is 29.4 Å². The number of guanidine groups is 1. The zero-order valence-corrected chi connectivity index (χ0v) is 29.7. The Labute approximate surface area is 284 Å². The Morgan fingerprint density at radius 3 is 2.00 bits per heavy atom. The van der Waals surface area contributed by atoms with Gasteiger partial charge in [-0.15, -0.1) is 0 Å². The number of aryl methyl sites for hydroxylation is 2. The summed E-state index contributed by atoms with van der Waals surface area (Å²) in [6.07, 6.45) is 4.98. The molecule has 0 fully saturated rings. The first-order chi connectivity index (χ1) is 22.2. The van der Waals surface area contributed by atoms with Gasteiger partial charge in [0.2, 0.25) is 17.7 Å². The lowest BCUT2D eigenvalue weighted by molar-refractivity contribution is -0.130. The SMILES string of the molecule is CCC(=O)CNC(=O)C(CCCCN)NC(=O)CNC(=O)CNC(C)C.CCCN=C(N)N.Cc1c[nH]c(=S)[nH]1.Cc1ccccc1. The summed E-state index contributed by atoms with van der Waals surface area (Å²) in [6.45, 7) is 12.7. The van der Waals surface area contributed by atoms with E-state index in [-0.39, 0.29) is 43.3 Å². The average Bonchev–Trinajstić information content (AvgIpc) is 3.43. The molecule has 15 heteroatoms. The fourth-order valence-corrected chi connectivity index (χ4v) is 3.40. The highest BCUT2D eigenvalue weighted by molar-refractivity contribution is 7.71. The number of imidazole rings is 1. The molecular formula is C32H58N10O4S. The van der Waals surface area contributed by atoms with E-state index in [1.165, 1.54) is 5.56 Å². The van der Waals surface area contributed by atoms with E-state index < -0.39 is 17.9 Å². The lowest BCUT2D eigenvalue weighted by atomic mass is 10.1. The van der Waals surface area contributed by atoms with Crippen molar-refractivity contribution in [3.63, 3.8) is 0 Å². The average molecular weight is 679 g/mol. The molecule has 12 N–H and O–H groups in total. The van der Waals surface area contributed by atoms with Gasteiger partial charge >= 0.3 is 0 Å². The van der Waals surface area contributed by atoms with Gasteiger partial charge in [0, 0.05) is 30.9 Å². The highest BCUT2D eigenvalue weighted by atomic mass is 32.1. The number of carbonyl (C=O) groups is 4. The number of unbranched alkanes of at least 4 members (excludes halogenated alkanes) is 1. The third-order valence-electron chi connectivity index (χ3n) is 5.76. The van der Waals surface area contributed by atoms with Gasteiger partial charge in [-0.1, -0.05) is 63.6 Å². The smallest absolute Gasteiger partial charge is 0.242 e. The quantitative estimate of drug-likeness (QED) is 0.0544. The minimum atomic E-state index is -0.760. The van der Waals surface area contributed by atoms with Crippen molar-refractivity contribution >= 4 is 41.7 Å². The third kappa shape index (κ3) is 30.3. The van der Waals surface area contributed by atoms with Crippen LogP contribution in [0.15, 0.2) is 41.5 Å². The van der Waals surface area contributed by atoms with Crippen LogP contribution in [0.2, 0.25) is 0 Å². The monoisotopic (exact) mass is 678 g/mol. The van der Waals surface area contributed by atoms with Gasteiger partial charge < -0.3 is 48.4 Å². The normalized spacial score (nSPS) is 10.4. The number of nitrogens with two attached hydrogens (primary N) is 3. The van der Waals surface area contributed by atoms with Gasteiger partial charge in [-0.05, 0) is 58.3 Å². The molecule has 0 radical (unpaired) electrons. The minimum Gasteiger partial charge on any atom is -0.370 e. The summed E-state index contributed by atoms with van der Waals surface area (Å²) in [5.74, 6) is -1.08. The highest BCUT2D eigenvalue weighted by Gasteiger charge is 2.21. The van der Waals surface area contributed by atoms with E-state index in [1.54, 1.807) is 6.92 Å². The molecule has 0 aliphatic heterocycles. The topological polar surface area (TPSA) is 238 Å². The number of amides is 3. The molecule has 0 bridgehead atoms. The number of aromatic nitrogens is 2. The van der Waals surface area contributed by atoms with Gasteiger partial charge in [0.15, 0.2) is 16.5 Å². The first-order valence-corrected chi connectivity index (χ1v) is 16.3. The predicted molar refractivity (Wildman–Crippen MR) is 192 cm³/mol. The molecule has 0 aliphatic carbocycles. The molecule has 0 saturated carbocycles. The van der Waals surface area contributed by atoms with Crippen LogP contribution in [0.5, 0.6) is 0 Å². The molecule has 1 aromatic heterocycles.